The first-order chi connectivity index (χ1) is 9.91. The van der Waals surface area contributed by atoms with Crippen molar-refractivity contribution < 1.29 is 4.79 Å². The van der Waals surface area contributed by atoms with Crippen molar-refractivity contribution in [3.05, 3.63) is 32.9 Å². The fraction of sp³-hybridized carbons (Fsp3) is 0.467. The van der Waals surface area contributed by atoms with Gasteiger partial charge < -0.3 is 10.6 Å². The number of hydrogen-bond donors (Lipinski definition) is 1. The van der Waals surface area contributed by atoms with E-state index in [9.17, 15) is 4.79 Å². The van der Waals surface area contributed by atoms with Crippen molar-refractivity contribution in [3.8, 4) is 0 Å². The van der Waals surface area contributed by atoms with Crippen LogP contribution in [0, 0.1) is 10.5 Å². The second kappa shape index (κ2) is 6.83. The number of thioether (sulfide) groups is 1. The van der Waals surface area contributed by atoms with Crippen molar-refractivity contribution >= 4 is 57.5 Å². The van der Waals surface area contributed by atoms with E-state index in [0.29, 0.717) is 18.1 Å². The van der Waals surface area contributed by atoms with Gasteiger partial charge in [-0.25, -0.2) is 0 Å². The van der Waals surface area contributed by atoms with Crippen LogP contribution in [0.3, 0.4) is 0 Å². The van der Waals surface area contributed by atoms with Crippen LogP contribution >= 0.6 is 46.6 Å². The van der Waals surface area contributed by atoms with E-state index in [0.717, 1.165) is 27.5 Å². The van der Waals surface area contributed by atoms with E-state index in [1.807, 2.05) is 36.3 Å². The largest absolute Gasteiger partial charge is 0.392 e. The highest BCUT2D eigenvalue weighted by molar-refractivity contribution is 14.1. The fourth-order valence-corrected chi connectivity index (χ4v) is 4.44. The molecule has 1 aromatic rings. The number of piperidine rings is 1. The zero-order chi connectivity index (χ0) is 15.6. The number of rotatable bonds is 3. The minimum absolute atomic E-state index is 0.112. The average Bonchev–Trinajstić information content (AvgIpc) is 2.49. The van der Waals surface area contributed by atoms with Crippen LogP contribution in [0.2, 0.25) is 0 Å². The molecule has 0 spiro atoms. The quantitative estimate of drug-likeness (QED) is 0.586. The molecule has 1 amide bonds. The number of carbonyl (C=O) groups is 1. The molecule has 1 saturated heterocycles. The van der Waals surface area contributed by atoms with Gasteiger partial charge in [0.15, 0.2) is 0 Å². The topological polar surface area (TPSA) is 46.3 Å². The highest BCUT2D eigenvalue weighted by Crippen LogP contribution is 2.35. The lowest BCUT2D eigenvalue weighted by molar-refractivity contribution is 0.0717. The van der Waals surface area contributed by atoms with Crippen LogP contribution < -0.4 is 5.73 Å². The standard InChI is InChI=1S/C15H19IN2OS2/c1-10-4-3-5-11(12(10)16)13(19)18-8-6-15(21-2,7-9-18)14(17)20/h3-5H,6-9H2,1-2H3,(H2,17,20). The predicted molar refractivity (Wildman–Crippen MR) is 102 cm³/mol. The summed E-state index contributed by atoms with van der Waals surface area (Å²) >= 11 is 9.17. The first-order valence-corrected chi connectivity index (χ1v) is 9.52. The van der Waals surface area contributed by atoms with Gasteiger partial charge in [-0.2, -0.15) is 11.8 Å². The zero-order valence-corrected chi connectivity index (χ0v) is 16.0. The summed E-state index contributed by atoms with van der Waals surface area (Å²) in [7, 11) is 0. The molecule has 0 aromatic heterocycles. The summed E-state index contributed by atoms with van der Waals surface area (Å²) in [6, 6.07) is 5.87. The summed E-state index contributed by atoms with van der Waals surface area (Å²) in [4.78, 5) is 15.2. The minimum Gasteiger partial charge on any atom is -0.392 e. The summed E-state index contributed by atoms with van der Waals surface area (Å²) < 4.78 is 0.891. The Hall–Kier alpha value is -0.340. The Morgan fingerprint density at radius 1 is 1.43 bits per heavy atom. The molecule has 0 unspecified atom stereocenters. The lowest BCUT2D eigenvalue weighted by Crippen LogP contribution is -2.50. The molecule has 0 bridgehead atoms. The summed E-state index contributed by atoms with van der Waals surface area (Å²) in [5.74, 6) is 0.112. The lowest BCUT2D eigenvalue weighted by atomic mass is 9.95. The van der Waals surface area contributed by atoms with Crippen LogP contribution in [0.1, 0.15) is 28.8 Å². The van der Waals surface area contributed by atoms with Gasteiger partial charge in [-0.15, -0.1) is 0 Å². The number of hydrogen-bond acceptors (Lipinski definition) is 3. The summed E-state index contributed by atoms with van der Waals surface area (Å²) in [5.41, 5.74) is 7.83. The van der Waals surface area contributed by atoms with Crippen molar-refractivity contribution in [2.45, 2.75) is 24.5 Å². The van der Waals surface area contributed by atoms with Crippen molar-refractivity contribution in [1.29, 1.82) is 0 Å². The molecule has 3 nitrogen and oxygen atoms in total. The van der Waals surface area contributed by atoms with E-state index in [4.69, 9.17) is 18.0 Å². The summed E-state index contributed by atoms with van der Waals surface area (Å²) in [6.45, 7) is 3.45. The molecule has 6 heteroatoms. The molecule has 0 saturated carbocycles. The Kier molecular flexibility index (Phi) is 5.54. The molecule has 0 radical (unpaired) electrons. The third-order valence-corrected chi connectivity index (χ3v) is 7.48. The summed E-state index contributed by atoms with van der Waals surface area (Å²) in [5, 5.41) is 0. The molecule has 0 aliphatic carbocycles. The second-order valence-electron chi connectivity index (χ2n) is 5.29. The van der Waals surface area contributed by atoms with Crippen LogP contribution in [0.15, 0.2) is 18.2 Å². The molecule has 2 rings (SSSR count). The van der Waals surface area contributed by atoms with Gasteiger partial charge in [0.05, 0.1) is 15.3 Å². The number of benzene rings is 1. The molecular formula is C15H19IN2OS2. The number of thiocarbonyl (C=S) groups is 1. The molecule has 1 fully saturated rings. The normalized spacial score (nSPS) is 17.6. The number of nitrogens with two attached hydrogens (primary N) is 1. The highest BCUT2D eigenvalue weighted by atomic mass is 127. The molecular weight excluding hydrogens is 415 g/mol. The van der Waals surface area contributed by atoms with E-state index in [2.05, 4.69) is 22.6 Å². The van der Waals surface area contributed by atoms with Crippen molar-refractivity contribution in [1.82, 2.24) is 4.90 Å². The maximum Gasteiger partial charge on any atom is 0.254 e. The van der Waals surface area contributed by atoms with Gasteiger partial charge >= 0.3 is 0 Å². The zero-order valence-electron chi connectivity index (χ0n) is 12.2. The lowest BCUT2D eigenvalue weighted by Gasteiger charge is -2.40. The number of aryl methyl sites for hydroxylation is 1. The van der Waals surface area contributed by atoms with Crippen molar-refractivity contribution in [2.75, 3.05) is 19.3 Å². The van der Waals surface area contributed by atoms with Crippen LogP contribution in [0.25, 0.3) is 0 Å². The third-order valence-electron chi connectivity index (χ3n) is 4.12. The fourth-order valence-electron chi connectivity index (χ4n) is 2.61. The van der Waals surface area contributed by atoms with Gasteiger partial charge in [0.1, 0.15) is 0 Å². The maximum atomic E-state index is 12.7. The molecule has 2 N–H and O–H groups in total. The van der Waals surface area contributed by atoms with E-state index in [1.165, 1.54) is 0 Å². The molecule has 1 aliphatic rings. The number of nitrogens with zero attached hydrogens (tertiary/aromatic N) is 1. The Morgan fingerprint density at radius 2 is 2.05 bits per heavy atom. The van der Waals surface area contributed by atoms with E-state index >= 15 is 0 Å². The molecule has 21 heavy (non-hydrogen) atoms. The van der Waals surface area contributed by atoms with Gasteiger partial charge in [-0.1, -0.05) is 24.4 Å². The van der Waals surface area contributed by atoms with Gasteiger partial charge in [0.25, 0.3) is 5.91 Å². The number of amides is 1. The minimum atomic E-state index is -0.147. The van der Waals surface area contributed by atoms with Gasteiger partial charge in [0.2, 0.25) is 0 Å². The second-order valence-corrected chi connectivity index (χ2v) is 8.00. The maximum absolute atomic E-state index is 12.7. The Morgan fingerprint density at radius 3 is 2.57 bits per heavy atom. The molecule has 1 heterocycles. The molecule has 0 atom stereocenters. The number of likely N-dealkylation sites (tertiary alicyclic amines) is 1. The van der Waals surface area contributed by atoms with Crippen LogP contribution in [-0.2, 0) is 0 Å². The first-order valence-electron chi connectivity index (χ1n) is 6.81. The predicted octanol–water partition coefficient (Wildman–Crippen LogP) is 3.22. The smallest absolute Gasteiger partial charge is 0.254 e. The van der Waals surface area contributed by atoms with E-state index in [-0.39, 0.29) is 10.7 Å². The van der Waals surface area contributed by atoms with E-state index < -0.39 is 0 Å². The molecule has 114 valence electrons. The summed E-state index contributed by atoms with van der Waals surface area (Å²) in [6.07, 6.45) is 3.70. The van der Waals surface area contributed by atoms with Crippen molar-refractivity contribution in [3.63, 3.8) is 0 Å². The Balaban J connectivity index is 2.14. The van der Waals surface area contributed by atoms with E-state index in [1.54, 1.807) is 11.8 Å². The Bertz CT molecular complexity index is 569. The van der Waals surface area contributed by atoms with Crippen LogP contribution in [-0.4, -0.2) is 39.9 Å². The van der Waals surface area contributed by atoms with Gasteiger partial charge in [-0.3, -0.25) is 4.79 Å². The highest BCUT2D eigenvalue weighted by Gasteiger charge is 2.38. The third kappa shape index (κ3) is 3.37. The Labute approximate surface area is 149 Å². The van der Waals surface area contributed by atoms with Crippen LogP contribution in [0.5, 0.6) is 0 Å². The monoisotopic (exact) mass is 434 g/mol. The SMILES string of the molecule is CSC1(C(N)=S)CCN(C(=O)c2cccc(C)c2I)CC1. The molecule has 1 aromatic carbocycles. The van der Waals surface area contributed by atoms with Crippen LogP contribution in [0.4, 0.5) is 0 Å². The molecule has 1 aliphatic heterocycles. The van der Waals surface area contributed by atoms with Crippen molar-refractivity contribution in [2.24, 2.45) is 5.73 Å². The van der Waals surface area contributed by atoms with Gasteiger partial charge in [-0.05, 0) is 60.2 Å². The van der Waals surface area contributed by atoms with Gasteiger partial charge in [0, 0.05) is 16.7 Å². The number of halogens is 1. The average molecular weight is 434 g/mol. The number of carbonyl (C=O) groups excluding carboxylic acids is 1. The first kappa shape index (κ1) is 17.0.